The quantitative estimate of drug-likeness (QED) is 0.810. The minimum absolute atomic E-state index is 0.0756. The van der Waals surface area contributed by atoms with Gasteiger partial charge in [0.15, 0.2) is 0 Å². The van der Waals surface area contributed by atoms with E-state index in [1.807, 2.05) is 6.92 Å². The molecule has 2 heterocycles. The van der Waals surface area contributed by atoms with Gasteiger partial charge in [-0.15, -0.1) is 0 Å². The number of hydrogen-bond donors (Lipinski definition) is 0. The lowest BCUT2D eigenvalue weighted by molar-refractivity contribution is 0.0704. The van der Waals surface area contributed by atoms with Crippen molar-refractivity contribution in [3.05, 3.63) is 46.5 Å². The highest BCUT2D eigenvalue weighted by Crippen LogP contribution is 2.02. The molecule has 0 spiro atoms. The van der Waals surface area contributed by atoms with Crippen LogP contribution in [0.3, 0.4) is 0 Å². The average Bonchev–Trinajstić information content (AvgIpc) is 2.48. The molecule has 0 aliphatic heterocycles. The van der Waals surface area contributed by atoms with Crippen LogP contribution in [0.2, 0.25) is 0 Å². The Balaban J connectivity index is 2.39. The fourth-order valence-electron chi connectivity index (χ4n) is 1.95. The molecule has 0 fully saturated rings. The lowest BCUT2D eigenvalue weighted by atomic mass is 10.2. The summed E-state index contributed by atoms with van der Waals surface area (Å²) in [7, 11) is 1.57. The van der Waals surface area contributed by atoms with Crippen molar-refractivity contribution in [3.8, 4) is 0 Å². The number of likely N-dealkylation sites (N-methyl/N-ethyl adjacent to an activating group) is 1. The first kappa shape index (κ1) is 14.2. The molecule has 2 rings (SSSR count). The highest BCUT2D eigenvalue weighted by molar-refractivity contribution is 5.93. The largest absolute Gasteiger partial charge is 0.383 e. The maximum Gasteiger partial charge on any atom is 0.270 e. The summed E-state index contributed by atoms with van der Waals surface area (Å²) in [5.41, 5.74) is 0.247. The maximum absolute atomic E-state index is 12.4. The number of carbonyl (C=O) groups is 1. The van der Waals surface area contributed by atoms with Gasteiger partial charge in [-0.3, -0.25) is 14.0 Å². The Labute approximate surface area is 116 Å². The van der Waals surface area contributed by atoms with Gasteiger partial charge in [-0.1, -0.05) is 6.07 Å². The summed E-state index contributed by atoms with van der Waals surface area (Å²) in [5, 5.41) is 0. The van der Waals surface area contributed by atoms with Crippen LogP contribution in [0.5, 0.6) is 0 Å². The summed E-state index contributed by atoms with van der Waals surface area (Å²) in [6.07, 6.45) is 2.95. The summed E-state index contributed by atoms with van der Waals surface area (Å²) in [5.74, 6) is -0.319. The van der Waals surface area contributed by atoms with E-state index in [1.165, 1.54) is 10.6 Å². The molecule has 0 aliphatic carbocycles. The second kappa shape index (κ2) is 6.29. The Bertz CT molecular complexity index is 666. The summed E-state index contributed by atoms with van der Waals surface area (Å²) >= 11 is 0. The topological polar surface area (TPSA) is 63.9 Å². The van der Waals surface area contributed by atoms with Gasteiger partial charge in [0.05, 0.1) is 6.61 Å². The van der Waals surface area contributed by atoms with Gasteiger partial charge in [-0.05, 0) is 19.1 Å². The third-order valence-electron chi connectivity index (χ3n) is 3.08. The molecular weight excluding hydrogens is 258 g/mol. The summed E-state index contributed by atoms with van der Waals surface area (Å²) in [6.45, 7) is 3.25. The highest BCUT2D eigenvalue weighted by Gasteiger charge is 2.18. The number of fused-ring (bicyclic) bond motifs is 1. The van der Waals surface area contributed by atoms with E-state index in [2.05, 4.69) is 4.98 Å². The standard InChI is InChI=1S/C14H17N3O3/c1-3-16(8-9-20-2)13(18)11-10-15-12-6-4-5-7-17(12)14(11)19/h4-7,10H,3,8-9H2,1-2H3. The van der Waals surface area contributed by atoms with Gasteiger partial charge in [-0.2, -0.15) is 0 Å². The molecule has 2 aromatic rings. The van der Waals surface area contributed by atoms with Gasteiger partial charge in [0.2, 0.25) is 0 Å². The van der Waals surface area contributed by atoms with Gasteiger partial charge in [-0.25, -0.2) is 4.98 Å². The van der Waals surface area contributed by atoms with Crippen molar-refractivity contribution in [2.75, 3.05) is 26.8 Å². The lowest BCUT2D eigenvalue weighted by Crippen LogP contribution is -2.37. The second-order valence-electron chi connectivity index (χ2n) is 4.28. The number of nitrogens with zero attached hydrogens (tertiary/aromatic N) is 3. The van der Waals surface area contributed by atoms with Crippen molar-refractivity contribution < 1.29 is 9.53 Å². The zero-order valence-electron chi connectivity index (χ0n) is 11.6. The molecule has 0 aromatic carbocycles. The van der Waals surface area contributed by atoms with Gasteiger partial charge in [0.1, 0.15) is 11.2 Å². The molecule has 6 nitrogen and oxygen atoms in total. The molecule has 0 saturated heterocycles. The van der Waals surface area contributed by atoms with E-state index < -0.39 is 0 Å². The summed E-state index contributed by atoms with van der Waals surface area (Å²) in [4.78, 5) is 30.4. The predicted octanol–water partition coefficient (Wildman–Crippen LogP) is 0.803. The van der Waals surface area contributed by atoms with Crippen LogP contribution in [0.4, 0.5) is 0 Å². The highest BCUT2D eigenvalue weighted by atomic mass is 16.5. The molecule has 2 aromatic heterocycles. The van der Waals surface area contributed by atoms with Crippen LogP contribution in [-0.4, -0.2) is 47.0 Å². The Morgan fingerprint density at radius 1 is 1.45 bits per heavy atom. The molecule has 106 valence electrons. The normalized spacial score (nSPS) is 10.7. The molecule has 0 aliphatic rings. The van der Waals surface area contributed by atoms with E-state index >= 15 is 0 Å². The fraction of sp³-hybridized carbons (Fsp3) is 0.357. The molecule has 0 atom stereocenters. The SMILES string of the molecule is CCN(CCOC)C(=O)c1cnc2ccccn2c1=O. The molecule has 6 heteroatoms. The number of methoxy groups -OCH3 is 1. The van der Waals surface area contributed by atoms with Gasteiger partial charge >= 0.3 is 0 Å². The van der Waals surface area contributed by atoms with Crippen LogP contribution in [0.1, 0.15) is 17.3 Å². The van der Waals surface area contributed by atoms with Crippen LogP contribution < -0.4 is 5.56 Å². The Morgan fingerprint density at radius 3 is 2.95 bits per heavy atom. The van der Waals surface area contributed by atoms with Crippen LogP contribution in [0, 0.1) is 0 Å². The number of pyridine rings is 1. The second-order valence-corrected chi connectivity index (χ2v) is 4.28. The number of amides is 1. The van der Waals surface area contributed by atoms with Crippen molar-refractivity contribution in [1.29, 1.82) is 0 Å². The van der Waals surface area contributed by atoms with E-state index in [0.717, 1.165) is 0 Å². The zero-order chi connectivity index (χ0) is 14.5. The number of aromatic nitrogens is 2. The molecule has 0 saturated carbocycles. The minimum atomic E-state index is -0.350. The Kier molecular flexibility index (Phi) is 4.47. The number of carbonyl (C=O) groups excluding carboxylic acids is 1. The monoisotopic (exact) mass is 275 g/mol. The molecule has 20 heavy (non-hydrogen) atoms. The van der Waals surface area contributed by atoms with Crippen LogP contribution in [0.25, 0.3) is 5.65 Å². The Morgan fingerprint density at radius 2 is 2.25 bits per heavy atom. The van der Waals surface area contributed by atoms with Crippen LogP contribution in [0.15, 0.2) is 35.4 Å². The molecule has 0 radical (unpaired) electrons. The van der Waals surface area contributed by atoms with E-state index in [9.17, 15) is 9.59 Å². The molecular formula is C14H17N3O3. The number of ether oxygens (including phenoxy) is 1. The van der Waals surface area contributed by atoms with E-state index in [-0.39, 0.29) is 17.0 Å². The predicted molar refractivity (Wildman–Crippen MR) is 74.9 cm³/mol. The van der Waals surface area contributed by atoms with Crippen LogP contribution in [-0.2, 0) is 4.74 Å². The maximum atomic E-state index is 12.4. The summed E-state index contributed by atoms with van der Waals surface area (Å²) < 4.78 is 6.34. The molecule has 0 unspecified atom stereocenters. The summed E-state index contributed by atoms with van der Waals surface area (Å²) in [6, 6.07) is 5.24. The first-order chi connectivity index (χ1) is 9.69. The van der Waals surface area contributed by atoms with E-state index in [1.54, 1.807) is 36.4 Å². The first-order valence-corrected chi connectivity index (χ1v) is 6.43. The Hall–Kier alpha value is -2.21. The molecule has 0 N–H and O–H groups in total. The van der Waals surface area contributed by atoms with Crippen molar-refractivity contribution in [2.24, 2.45) is 0 Å². The van der Waals surface area contributed by atoms with Crippen LogP contribution >= 0.6 is 0 Å². The van der Waals surface area contributed by atoms with Gasteiger partial charge in [0, 0.05) is 32.6 Å². The van der Waals surface area contributed by atoms with Crippen molar-refractivity contribution in [3.63, 3.8) is 0 Å². The van der Waals surface area contributed by atoms with E-state index in [0.29, 0.717) is 25.3 Å². The zero-order valence-corrected chi connectivity index (χ0v) is 11.6. The molecule has 1 amide bonds. The van der Waals surface area contributed by atoms with Crippen molar-refractivity contribution in [1.82, 2.24) is 14.3 Å². The van der Waals surface area contributed by atoms with Crippen molar-refractivity contribution >= 4 is 11.6 Å². The average molecular weight is 275 g/mol. The third-order valence-corrected chi connectivity index (χ3v) is 3.08. The van der Waals surface area contributed by atoms with E-state index in [4.69, 9.17) is 4.74 Å². The fourth-order valence-corrected chi connectivity index (χ4v) is 1.95. The van der Waals surface area contributed by atoms with Gasteiger partial charge in [0.25, 0.3) is 11.5 Å². The minimum Gasteiger partial charge on any atom is -0.383 e. The first-order valence-electron chi connectivity index (χ1n) is 6.43. The number of hydrogen-bond acceptors (Lipinski definition) is 4. The van der Waals surface area contributed by atoms with Crippen molar-refractivity contribution in [2.45, 2.75) is 6.92 Å². The lowest BCUT2D eigenvalue weighted by Gasteiger charge is -2.20. The molecule has 0 bridgehead atoms. The third kappa shape index (κ3) is 2.70. The van der Waals surface area contributed by atoms with Gasteiger partial charge < -0.3 is 9.64 Å². The smallest absolute Gasteiger partial charge is 0.270 e. The number of rotatable bonds is 5.